The number of hydrogen-bond acceptors (Lipinski definition) is 4. The van der Waals surface area contributed by atoms with Crippen LogP contribution in [0.3, 0.4) is 0 Å². The first-order valence-electron chi connectivity index (χ1n) is 10.4. The molecule has 0 amide bonds. The minimum Gasteiger partial charge on any atom is -0.399 e. The summed E-state index contributed by atoms with van der Waals surface area (Å²) in [4.78, 5) is 0. The first-order valence-corrected chi connectivity index (χ1v) is 10.4. The van der Waals surface area contributed by atoms with E-state index in [1.807, 2.05) is 32.9 Å². The van der Waals surface area contributed by atoms with Crippen LogP contribution in [0.25, 0.3) is 0 Å². The third-order valence-electron chi connectivity index (χ3n) is 4.65. The molecule has 0 saturated heterocycles. The van der Waals surface area contributed by atoms with Gasteiger partial charge in [-0.05, 0) is 44.9 Å². The summed E-state index contributed by atoms with van der Waals surface area (Å²) >= 11 is 0. The molecule has 26 heavy (non-hydrogen) atoms. The van der Waals surface area contributed by atoms with E-state index < -0.39 is 5.97 Å². The molecule has 1 rings (SSSR count). The molecule has 0 fully saturated rings. The quantitative estimate of drug-likeness (QED) is 0.240. The number of ether oxygens (including phenoxy) is 3. The molecule has 1 atom stereocenters. The highest BCUT2D eigenvalue weighted by Gasteiger charge is 2.42. The Kier molecular flexibility index (Phi) is 11.6. The Morgan fingerprint density at radius 2 is 1.27 bits per heavy atom. The number of anilines is 1. The van der Waals surface area contributed by atoms with Gasteiger partial charge in [0.2, 0.25) is 0 Å². The highest BCUT2D eigenvalue weighted by molar-refractivity contribution is 5.40. The molecule has 0 aliphatic rings. The first kappa shape index (κ1) is 22.9. The van der Waals surface area contributed by atoms with E-state index in [0.717, 1.165) is 24.1 Å². The summed E-state index contributed by atoms with van der Waals surface area (Å²) in [7, 11) is 0. The van der Waals surface area contributed by atoms with Crippen molar-refractivity contribution in [1.82, 2.24) is 0 Å². The van der Waals surface area contributed by atoms with Crippen LogP contribution in [0.2, 0.25) is 0 Å². The zero-order chi connectivity index (χ0) is 19.3. The Morgan fingerprint density at radius 1 is 0.769 bits per heavy atom. The predicted molar refractivity (Wildman–Crippen MR) is 109 cm³/mol. The second-order valence-electron chi connectivity index (χ2n) is 6.68. The van der Waals surface area contributed by atoms with Crippen LogP contribution in [0.15, 0.2) is 24.3 Å². The fourth-order valence-corrected chi connectivity index (χ4v) is 3.44. The van der Waals surface area contributed by atoms with Gasteiger partial charge in [0.05, 0.1) is 5.92 Å². The average Bonchev–Trinajstić information content (AvgIpc) is 2.63. The van der Waals surface area contributed by atoms with Gasteiger partial charge in [0.15, 0.2) is 0 Å². The maximum Gasteiger partial charge on any atom is 0.290 e. The molecule has 0 spiro atoms. The van der Waals surface area contributed by atoms with E-state index in [-0.39, 0.29) is 5.92 Å². The molecule has 0 heterocycles. The van der Waals surface area contributed by atoms with Gasteiger partial charge < -0.3 is 19.9 Å². The maximum absolute atomic E-state index is 6.08. The summed E-state index contributed by atoms with van der Waals surface area (Å²) in [6.45, 7) is 9.83. The number of nitrogen functional groups attached to an aromatic ring is 1. The topological polar surface area (TPSA) is 53.7 Å². The number of nitrogens with two attached hydrogens (primary N) is 1. The summed E-state index contributed by atoms with van der Waals surface area (Å²) in [5.41, 5.74) is 7.81. The van der Waals surface area contributed by atoms with Gasteiger partial charge in [-0.15, -0.1) is 0 Å². The van der Waals surface area contributed by atoms with Crippen molar-refractivity contribution in [3.8, 4) is 0 Å². The van der Waals surface area contributed by atoms with E-state index in [0.29, 0.717) is 19.8 Å². The molecule has 2 N–H and O–H groups in total. The third-order valence-corrected chi connectivity index (χ3v) is 4.65. The molecular formula is C22H39NO3. The molecule has 0 saturated carbocycles. The van der Waals surface area contributed by atoms with E-state index >= 15 is 0 Å². The number of unbranched alkanes of at least 4 members (excludes halogenated alkanes) is 5. The van der Waals surface area contributed by atoms with Crippen LogP contribution in [-0.4, -0.2) is 25.8 Å². The molecule has 0 aliphatic heterocycles. The summed E-state index contributed by atoms with van der Waals surface area (Å²) in [6, 6.07) is 8.03. The lowest BCUT2D eigenvalue weighted by molar-refractivity contribution is -0.389. The van der Waals surface area contributed by atoms with Gasteiger partial charge in [0.1, 0.15) is 0 Å². The lowest BCUT2D eigenvalue weighted by Gasteiger charge is -2.39. The molecule has 1 unspecified atom stereocenters. The molecule has 1 aromatic rings. The Bertz CT molecular complexity index is 444. The number of rotatable bonds is 15. The second-order valence-corrected chi connectivity index (χ2v) is 6.68. The van der Waals surface area contributed by atoms with Crippen LogP contribution in [-0.2, 0) is 14.2 Å². The van der Waals surface area contributed by atoms with Crippen molar-refractivity contribution in [1.29, 1.82) is 0 Å². The summed E-state index contributed by atoms with van der Waals surface area (Å²) < 4.78 is 18.2. The van der Waals surface area contributed by atoms with E-state index in [2.05, 4.69) is 19.1 Å². The smallest absolute Gasteiger partial charge is 0.290 e. The SMILES string of the molecule is CCCCCCCCC(c1ccc(N)cc1)C(OCC)(OCC)OCC. The normalized spacial score (nSPS) is 13.1. The van der Waals surface area contributed by atoms with E-state index in [1.54, 1.807) is 0 Å². The van der Waals surface area contributed by atoms with Gasteiger partial charge >= 0.3 is 0 Å². The lowest BCUT2D eigenvalue weighted by atomic mass is 9.90. The minimum absolute atomic E-state index is 0.0223. The van der Waals surface area contributed by atoms with Crippen molar-refractivity contribution in [3.63, 3.8) is 0 Å². The van der Waals surface area contributed by atoms with Crippen molar-refractivity contribution in [2.45, 2.75) is 84.5 Å². The average molecular weight is 366 g/mol. The van der Waals surface area contributed by atoms with E-state index in [1.165, 1.54) is 32.1 Å². The molecule has 0 aliphatic carbocycles. The molecule has 0 bridgehead atoms. The van der Waals surface area contributed by atoms with Gasteiger partial charge in [0.25, 0.3) is 5.97 Å². The largest absolute Gasteiger partial charge is 0.399 e. The van der Waals surface area contributed by atoms with Crippen molar-refractivity contribution < 1.29 is 14.2 Å². The molecule has 4 heteroatoms. The van der Waals surface area contributed by atoms with Crippen molar-refractivity contribution in [2.75, 3.05) is 25.6 Å². The Balaban J connectivity index is 2.96. The second kappa shape index (κ2) is 13.1. The Morgan fingerprint density at radius 3 is 1.77 bits per heavy atom. The van der Waals surface area contributed by atoms with Crippen LogP contribution in [0.5, 0.6) is 0 Å². The summed E-state index contributed by atoms with van der Waals surface area (Å²) in [6.07, 6.45) is 8.53. The molecule has 0 radical (unpaired) electrons. The number of benzene rings is 1. The molecule has 4 nitrogen and oxygen atoms in total. The van der Waals surface area contributed by atoms with Gasteiger partial charge in [-0.25, -0.2) is 0 Å². The van der Waals surface area contributed by atoms with Crippen LogP contribution in [0.4, 0.5) is 5.69 Å². The van der Waals surface area contributed by atoms with Gasteiger partial charge in [-0.3, -0.25) is 0 Å². The number of hydrogen-bond donors (Lipinski definition) is 1. The predicted octanol–water partition coefficient (Wildman–Crippen LogP) is 5.87. The summed E-state index contributed by atoms with van der Waals surface area (Å²) in [5.74, 6) is -1.01. The first-order chi connectivity index (χ1) is 12.6. The zero-order valence-corrected chi connectivity index (χ0v) is 17.3. The molecule has 0 aromatic heterocycles. The molecule has 150 valence electrons. The Hall–Kier alpha value is -1.10. The van der Waals surface area contributed by atoms with Crippen molar-refractivity contribution >= 4 is 5.69 Å². The Labute approximate surface area is 160 Å². The van der Waals surface area contributed by atoms with Crippen LogP contribution in [0, 0.1) is 0 Å². The lowest BCUT2D eigenvalue weighted by Crippen LogP contribution is -2.45. The standard InChI is InChI=1S/C22H39NO3/c1-5-9-10-11-12-13-14-21(19-15-17-20(23)18-16-19)22(24-6-2,25-7-3)26-8-4/h15-18,21H,5-14,23H2,1-4H3. The van der Waals surface area contributed by atoms with Gasteiger partial charge in [-0.2, -0.15) is 0 Å². The van der Waals surface area contributed by atoms with Crippen molar-refractivity contribution in [3.05, 3.63) is 29.8 Å². The van der Waals surface area contributed by atoms with E-state index in [4.69, 9.17) is 19.9 Å². The highest BCUT2D eigenvalue weighted by Crippen LogP contribution is 2.38. The molecular weight excluding hydrogens is 326 g/mol. The highest BCUT2D eigenvalue weighted by atomic mass is 16.9. The summed E-state index contributed by atoms with van der Waals surface area (Å²) in [5, 5.41) is 0. The minimum atomic E-state index is -1.03. The zero-order valence-electron chi connectivity index (χ0n) is 17.3. The van der Waals surface area contributed by atoms with Crippen LogP contribution >= 0.6 is 0 Å². The fraction of sp³-hybridized carbons (Fsp3) is 0.727. The third kappa shape index (κ3) is 7.26. The monoisotopic (exact) mass is 365 g/mol. The van der Waals surface area contributed by atoms with E-state index in [9.17, 15) is 0 Å². The van der Waals surface area contributed by atoms with Gasteiger partial charge in [-0.1, -0.05) is 57.6 Å². The van der Waals surface area contributed by atoms with Crippen LogP contribution < -0.4 is 5.73 Å². The van der Waals surface area contributed by atoms with Gasteiger partial charge in [0, 0.05) is 25.5 Å². The fourth-order valence-electron chi connectivity index (χ4n) is 3.44. The molecule has 1 aromatic carbocycles. The maximum atomic E-state index is 6.08. The van der Waals surface area contributed by atoms with Crippen molar-refractivity contribution in [2.24, 2.45) is 0 Å². The van der Waals surface area contributed by atoms with Crippen LogP contribution in [0.1, 0.15) is 84.1 Å².